The van der Waals surface area contributed by atoms with Gasteiger partial charge < -0.3 is 20.5 Å². The summed E-state index contributed by atoms with van der Waals surface area (Å²) >= 11 is 0. The van der Waals surface area contributed by atoms with E-state index in [0.717, 1.165) is 13.0 Å². The molecule has 1 aromatic heterocycles. The lowest BCUT2D eigenvalue weighted by Gasteiger charge is -2.19. The second-order valence-electron chi connectivity index (χ2n) is 4.98. The molecular formula is C12H19N5O4. The van der Waals surface area contributed by atoms with E-state index >= 15 is 0 Å². The zero-order chi connectivity index (χ0) is 15.2. The Morgan fingerprint density at radius 1 is 1.62 bits per heavy atom. The Labute approximate surface area is 121 Å². The van der Waals surface area contributed by atoms with Gasteiger partial charge in [0.2, 0.25) is 0 Å². The third-order valence-electron chi connectivity index (χ3n) is 3.42. The maximum Gasteiger partial charge on any atom is 0.358 e. The van der Waals surface area contributed by atoms with E-state index in [1.165, 1.54) is 10.9 Å². The molecule has 2 rings (SSSR count). The Morgan fingerprint density at radius 3 is 3.05 bits per heavy atom. The van der Waals surface area contributed by atoms with E-state index < -0.39 is 5.97 Å². The highest BCUT2D eigenvalue weighted by atomic mass is 16.5. The highest BCUT2D eigenvalue weighted by Gasteiger charge is 2.23. The average Bonchev–Trinajstić information content (AvgIpc) is 3.10. The molecule has 0 bridgehead atoms. The van der Waals surface area contributed by atoms with E-state index in [-0.39, 0.29) is 17.8 Å². The van der Waals surface area contributed by atoms with Crippen molar-refractivity contribution in [1.29, 1.82) is 0 Å². The summed E-state index contributed by atoms with van der Waals surface area (Å²) in [5.41, 5.74) is -0.116. The first-order chi connectivity index (χ1) is 10.1. The monoisotopic (exact) mass is 297 g/mol. The Morgan fingerprint density at radius 2 is 2.43 bits per heavy atom. The van der Waals surface area contributed by atoms with Gasteiger partial charge in [-0.15, -0.1) is 5.10 Å². The van der Waals surface area contributed by atoms with Crippen molar-refractivity contribution in [2.75, 3.05) is 19.8 Å². The smallest absolute Gasteiger partial charge is 0.358 e. The summed E-state index contributed by atoms with van der Waals surface area (Å²) in [6.45, 7) is 4.07. The lowest BCUT2D eigenvalue weighted by Crippen LogP contribution is -2.45. The molecule has 3 N–H and O–H groups in total. The van der Waals surface area contributed by atoms with Gasteiger partial charge in [-0.2, -0.15) is 0 Å². The minimum Gasteiger partial charge on any atom is -0.476 e. The first-order valence-electron chi connectivity index (χ1n) is 6.82. The van der Waals surface area contributed by atoms with Crippen molar-refractivity contribution in [2.45, 2.75) is 25.9 Å². The van der Waals surface area contributed by atoms with E-state index in [0.29, 0.717) is 25.6 Å². The number of rotatable bonds is 6. The van der Waals surface area contributed by atoms with Gasteiger partial charge in [-0.05, 0) is 13.3 Å². The molecule has 1 aromatic rings. The normalized spacial score (nSPS) is 19.2. The summed E-state index contributed by atoms with van der Waals surface area (Å²) in [6, 6.07) is -0.203. The van der Waals surface area contributed by atoms with Crippen LogP contribution in [0.5, 0.6) is 0 Å². The van der Waals surface area contributed by atoms with Gasteiger partial charge in [0.05, 0.1) is 19.3 Å². The van der Waals surface area contributed by atoms with Crippen molar-refractivity contribution >= 4 is 12.0 Å². The molecule has 0 aliphatic carbocycles. The Bertz CT molecular complexity index is 498. The fourth-order valence-corrected chi connectivity index (χ4v) is 2.11. The number of carboxylic acids is 1. The quantitative estimate of drug-likeness (QED) is 0.663. The number of aromatic nitrogens is 3. The molecule has 2 unspecified atom stereocenters. The van der Waals surface area contributed by atoms with Crippen LogP contribution in [-0.4, -0.2) is 57.9 Å². The number of amides is 2. The zero-order valence-corrected chi connectivity index (χ0v) is 11.8. The number of aromatic carboxylic acids is 1. The van der Waals surface area contributed by atoms with Crippen LogP contribution >= 0.6 is 0 Å². The zero-order valence-electron chi connectivity index (χ0n) is 11.8. The van der Waals surface area contributed by atoms with Crippen LogP contribution in [0.3, 0.4) is 0 Å². The second-order valence-corrected chi connectivity index (χ2v) is 4.98. The van der Waals surface area contributed by atoms with E-state index in [1.807, 2.05) is 6.92 Å². The number of hydrogen-bond donors (Lipinski definition) is 3. The highest BCUT2D eigenvalue weighted by Crippen LogP contribution is 2.15. The number of carbonyl (C=O) groups is 2. The van der Waals surface area contributed by atoms with Crippen LogP contribution < -0.4 is 10.6 Å². The number of carboxylic acid groups (broad SMARTS) is 1. The Balaban J connectivity index is 1.67. The van der Waals surface area contributed by atoms with Gasteiger partial charge in [-0.3, -0.25) is 0 Å². The SMILES string of the molecule is CC(NC(=O)NCCn1cc(C(=O)O)nn1)C1CCOC1. The van der Waals surface area contributed by atoms with Gasteiger partial charge in [0, 0.05) is 25.1 Å². The molecule has 2 atom stereocenters. The number of nitrogens with one attached hydrogen (secondary N) is 2. The summed E-state index contributed by atoms with van der Waals surface area (Å²) < 4.78 is 6.66. The van der Waals surface area contributed by atoms with E-state index in [1.54, 1.807) is 0 Å². The molecule has 116 valence electrons. The number of ether oxygens (including phenoxy) is 1. The predicted molar refractivity (Wildman–Crippen MR) is 71.9 cm³/mol. The van der Waals surface area contributed by atoms with Gasteiger partial charge in [-0.1, -0.05) is 5.21 Å². The molecule has 1 saturated heterocycles. The van der Waals surface area contributed by atoms with Crippen molar-refractivity contribution in [3.05, 3.63) is 11.9 Å². The van der Waals surface area contributed by atoms with Crippen molar-refractivity contribution in [3.63, 3.8) is 0 Å². The van der Waals surface area contributed by atoms with Crippen LogP contribution in [0.4, 0.5) is 4.79 Å². The Hall–Kier alpha value is -2.16. The van der Waals surface area contributed by atoms with E-state index in [4.69, 9.17) is 9.84 Å². The molecule has 21 heavy (non-hydrogen) atoms. The van der Waals surface area contributed by atoms with Crippen LogP contribution in [-0.2, 0) is 11.3 Å². The molecule has 9 nitrogen and oxygen atoms in total. The fraction of sp³-hybridized carbons (Fsp3) is 0.667. The topological polar surface area (TPSA) is 118 Å². The standard InChI is InChI=1S/C12H19N5O4/c1-8(9-2-5-21-7-9)14-12(20)13-3-4-17-6-10(11(18)19)15-16-17/h6,8-9H,2-5,7H2,1H3,(H,18,19)(H2,13,14,20). The molecule has 2 heterocycles. The molecule has 0 spiro atoms. The first-order valence-corrected chi connectivity index (χ1v) is 6.82. The van der Waals surface area contributed by atoms with Crippen molar-refractivity contribution in [1.82, 2.24) is 25.6 Å². The third-order valence-corrected chi connectivity index (χ3v) is 3.42. The first kappa shape index (κ1) is 15.2. The highest BCUT2D eigenvalue weighted by molar-refractivity contribution is 5.84. The van der Waals surface area contributed by atoms with E-state index in [2.05, 4.69) is 20.9 Å². The maximum absolute atomic E-state index is 11.7. The molecule has 2 amide bonds. The Kier molecular flexibility index (Phi) is 5.09. The van der Waals surface area contributed by atoms with Crippen molar-refractivity contribution in [3.8, 4) is 0 Å². The van der Waals surface area contributed by atoms with Crippen LogP contribution in [0.1, 0.15) is 23.8 Å². The minimum absolute atomic E-state index is 0.0532. The summed E-state index contributed by atoms with van der Waals surface area (Å²) in [7, 11) is 0. The van der Waals surface area contributed by atoms with Crippen LogP contribution in [0.2, 0.25) is 0 Å². The lowest BCUT2D eigenvalue weighted by molar-refractivity contribution is 0.0690. The minimum atomic E-state index is -1.13. The molecule has 0 saturated carbocycles. The summed E-state index contributed by atoms with van der Waals surface area (Å²) in [4.78, 5) is 22.3. The molecular weight excluding hydrogens is 278 g/mol. The third kappa shape index (κ3) is 4.42. The van der Waals surface area contributed by atoms with Gasteiger partial charge in [0.25, 0.3) is 0 Å². The molecule has 0 radical (unpaired) electrons. The van der Waals surface area contributed by atoms with Crippen LogP contribution in [0.25, 0.3) is 0 Å². The number of hydrogen-bond acceptors (Lipinski definition) is 5. The molecule has 1 fully saturated rings. The second kappa shape index (κ2) is 7.02. The number of carbonyl (C=O) groups excluding carboxylic acids is 1. The average molecular weight is 297 g/mol. The van der Waals surface area contributed by atoms with Gasteiger partial charge >= 0.3 is 12.0 Å². The number of urea groups is 1. The van der Waals surface area contributed by atoms with Crippen molar-refractivity contribution in [2.24, 2.45) is 5.92 Å². The van der Waals surface area contributed by atoms with Crippen LogP contribution in [0.15, 0.2) is 6.20 Å². The van der Waals surface area contributed by atoms with Crippen LogP contribution in [0, 0.1) is 5.92 Å². The molecule has 9 heteroatoms. The maximum atomic E-state index is 11.7. The van der Waals surface area contributed by atoms with Gasteiger partial charge in [0.1, 0.15) is 0 Å². The largest absolute Gasteiger partial charge is 0.476 e. The number of nitrogens with zero attached hydrogens (tertiary/aromatic N) is 3. The molecule has 1 aliphatic heterocycles. The van der Waals surface area contributed by atoms with E-state index in [9.17, 15) is 9.59 Å². The van der Waals surface area contributed by atoms with Gasteiger partial charge in [0.15, 0.2) is 5.69 Å². The fourth-order valence-electron chi connectivity index (χ4n) is 2.11. The predicted octanol–water partition coefficient (Wildman–Crippen LogP) is -0.300. The molecule has 0 aromatic carbocycles. The lowest BCUT2D eigenvalue weighted by atomic mass is 10.0. The molecule has 1 aliphatic rings. The van der Waals surface area contributed by atoms with Gasteiger partial charge in [-0.25, -0.2) is 14.3 Å². The van der Waals surface area contributed by atoms with Crippen molar-refractivity contribution < 1.29 is 19.4 Å². The summed E-state index contributed by atoms with van der Waals surface area (Å²) in [5, 5.41) is 21.4. The summed E-state index contributed by atoms with van der Waals surface area (Å²) in [6.07, 6.45) is 2.28. The summed E-state index contributed by atoms with van der Waals surface area (Å²) in [5.74, 6) is -0.774.